The molecule has 0 fully saturated rings. The number of benzene rings is 2. The standard InChI is InChI=1S/C20H20N2O3/c1-12(23)25-20-19-17(15-6-4-5-7-16(15)22(19)2)18(21-20)13-8-10-14(24-3)11-9-13/h4-11,18,20-21H,1-3H3. The van der Waals surface area contributed by atoms with E-state index >= 15 is 0 Å². The number of hydrogen-bond acceptors (Lipinski definition) is 4. The molecule has 1 N–H and O–H groups in total. The van der Waals surface area contributed by atoms with E-state index in [1.807, 2.05) is 43.4 Å². The first-order valence-electron chi connectivity index (χ1n) is 8.24. The molecule has 0 aliphatic carbocycles. The number of carbonyl (C=O) groups is 1. The maximum Gasteiger partial charge on any atom is 0.304 e. The second kappa shape index (κ2) is 5.93. The average Bonchev–Trinajstić information content (AvgIpc) is 3.12. The molecule has 0 bridgehead atoms. The van der Waals surface area contributed by atoms with Gasteiger partial charge in [0.15, 0.2) is 6.23 Å². The van der Waals surface area contributed by atoms with Gasteiger partial charge in [-0.05, 0) is 23.8 Å². The lowest BCUT2D eigenvalue weighted by atomic mass is 9.99. The molecular weight excluding hydrogens is 316 g/mol. The third-order valence-electron chi connectivity index (χ3n) is 4.78. The fourth-order valence-corrected chi connectivity index (χ4v) is 3.69. The summed E-state index contributed by atoms with van der Waals surface area (Å²) < 4.78 is 12.9. The fraction of sp³-hybridized carbons (Fsp3) is 0.250. The van der Waals surface area contributed by atoms with Crippen LogP contribution in [0.15, 0.2) is 48.5 Å². The van der Waals surface area contributed by atoms with Crippen molar-refractivity contribution in [1.82, 2.24) is 9.88 Å². The number of ether oxygens (including phenoxy) is 2. The lowest BCUT2D eigenvalue weighted by Crippen LogP contribution is -2.24. The second-order valence-electron chi connectivity index (χ2n) is 6.24. The minimum atomic E-state index is -0.461. The fourth-order valence-electron chi connectivity index (χ4n) is 3.69. The zero-order valence-corrected chi connectivity index (χ0v) is 14.4. The molecule has 1 aliphatic rings. The number of nitrogens with one attached hydrogen (secondary N) is 1. The van der Waals surface area contributed by atoms with Gasteiger partial charge >= 0.3 is 5.97 Å². The summed E-state index contributed by atoms with van der Waals surface area (Å²) in [6, 6.07) is 16.2. The van der Waals surface area contributed by atoms with Crippen LogP contribution in [0.1, 0.15) is 36.0 Å². The lowest BCUT2D eigenvalue weighted by Gasteiger charge is -2.18. The van der Waals surface area contributed by atoms with Gasteiger partial charge < -0.3 is 14.0 Å². The van der Waals surface area contributed by atoms with Crippen molar-refractivity contribution >= 4 is 16.9 Å². The van der Waals surface area contributed by atoms with Crippen molar-refractivity contribution < 1.29 is 14.3 Å². The van der Waals surface area contributed by atoms with Gasteiger partial charge in [0.05, 0.1) is 18.8 Å². The van der Waals surface area contributed by atoms with E-state index in [2.05, 4.69) is 22.0 Å². The first-order valence-corrected chi connectivity index (χ1v) is 8.24. The highest BCUT2D eigenvalue weighted by Crippen LogP contribution is 2.43. The van der Waals surface area contributed by atoms with E-state index in [0.29, 0.717) is 0 Å². The monoisotopic (exact) mass is 336 g/mol. The van der Waals surface area contributed by atoms with E-state index in [4.69, 9.17) is 9.47 Å². The maximum absolute atomic E-state index is 11.6. The predicted molar refractivity (Wildman–Crippen MR) is 95.4 cm³/mol. The van der Waals surface area contributed by atoms with Crippen molar-refractivity contribution in [1.29, 1.82) is 0 Å². The Balaban J connectivity index is 1.88. The number of rotatable bonds is 3. The molecule has 3 aromatic rings. The number of aromatic nitrogens is 1. The van der Waals surface area contributed by atoms with Crippen molar-refractivity contribution in [2.75, 3.05) is 7.11 Å². The molecule has 0 saturated carbocycles. The number of methoxy groups -OCH3 is 1. The molecular formula is C20H20N2O3. The van der Waals surface area contributed by atoms with E-state index in [1.165, 1.54) is 12.3 Å². The largest absolute Gasteiger partial charge is 0.497 e. The van der Waals surface area contributed by atoms with Gasteiger partial charge in [0, 0.05) is 30.4 Å². The average molecular weight is 336 g/mol. The molecule has 0 spiro atoms. The summed E-state index contributed by atoms with van der Waals surface area (Å²) in [5.74, 6) is 0.514. The summed E-state index contributed by atoms with van der Waals surface area (Å²) in [5, 5.41) is 4.62. The Labute approximate surface area is 146 Å². The lowest BCUT2D eigenvalue weighted by molar-refractivity contribution is -0.148. The summed E-state index contributed by atoms with van der Waals surface area (Å²) in [6.07, 6.45) is -0.461. The topological polar surface area (TPSA) is 52.5 Å². The molecule has 0 radical (unpaired) electrons. The highest BCUT2D eigenvalue weighted by atomic mass is 16.6. The smallest absolute Gasteiger partial charge is 0.304 e. The van der Waals surface area contributed by atoms with Gasteiger partial charge in [0.1, 0.15) is 5.75 Å². The van der Waals surface area contributed by atoms with Gasteiger partial charge in [0.2, 0.25) is 0 Å². The van der Waals surface area contributed by atoms with Gasteiger partial charge in [-0.2, -0.15) is 0 Å². The Morgan fingerprint density at radius 3 is 2.52 bits per heavy atom. The van der Waals surface area contributed by atoms with Gasteiger partial charge in [-0.3, -0.25) is 10.1 Å². The third-order valence-corrected chi connectivity index (χ3v) is 4.78. The molecule has 128 valence electrons. The quantitative estimate of drug-likeness (QED) is 0.745. The van der Waals surface area contributed by atoms with Crippen LogP contribution in [-0.4, -0.2) is 17.6 Å². The number of fused-ring (bicyclic) bond motifs is 3. The van der Waals surface area contributed by atoms with Crippen LogP contribution in [0.4, 0.5) is 0 Å². The molecule has 4 rings (SSSR count). The van der Waals surface area contributed by atoms with Crippen LogP contribution in [0.25, 0.3) is 10.9 Å². The number of para-hydroxylation sites is 1. The second-order valence-corrected chi connectivity index (χ2v) is 6.24. The summed E-state index contributed by atoms with van der Waals surface area (Å²) >= 11 is 0. The Hall–Kier alpha value is -2.79. The molecule has 1 aromatic heterocycles. The SMILES string of the molecule is COc1ccc(C2NC(OC(C)=O)c3c2c2ccccc2n3C)cc1. The van der Waals surface area contributed by atoms with Crippen LogP contribution in [0, 0.1) is 0 Å². The van der Waals surface area contributed by atoms with Gasteiger partial charge in [-0.1, -0.05) is 30.3 Å². The molecule has 2 unspecified atom stereocenters. The number of carbonyl (C=O) groups excluding carboxylic acids is 1. The van der Waals surface area contributed by atoms with E-state index in [-0.39, 0.29) is 12.0 Å². The van der Waals surface area contributed by atoms with Crippen LogP contribution < -0.4 is 10.1 Å². The number of esters is 1. The molecule has 5 heteroatoms. The van der Waals surface area contributed by atoms with Gasteiger partial charge in [-0.25, -0.2) is 0 Å². The van der Waals surface area contributed by atoms with E-state index in [0.717, 1.165) is 28.1 Å². The minimum Gasteiger partial charge on any atom is -0.497 e. The Morgan fingerprint density at radius 1 is 1.12 bits per heavy atom. The highest BCUT2D eigenvalue weighted by Gasteiger charge is 2.38. The first-order chi connectivity index (χ1) is 12.1. The zero-order valence-electron chi connectivity index (χ0n) is 14.4. The van der Waals surface area contributed by atoms with Crippen LogP contribution in [-0.2, 0) is 16.6 Å². The van der Waals surface area contributed by atoms with Gasteiger partial charge in [-0.15, -0.1) is 0 Å². The van der Waals surface area contributed by atoms with Crippen molar-refractivity contribution in [2.45, 2.75) is 19.2 Å². The maximum atomic E-state index is 11.6. The summed E-state index contributed by atoms with van der Waals surface area (Å²) in [5.41, 5.74) is 4.39. The molecule has 0 amide bonds. The number of nitrogens with zero attached hydrogens (tertiary/aromatic N) is 1. The highest BCUT2D eigenvalue weighted by molar-refractivity contribution is 5.87. The minimum absolute atomic E-state index is 0.0450. The zero-order chi connectivity index (χ0) is 17.6. The third kappa shape index (κ3) is 2.48. The summed E-state index contributed by atoms with van der Waals surface area (Å²) in [4.78, 5) is 11.6. The van der Waals surface area contributed by atoms with Crippen molar-refractivity contribution in [2.24, 2.45) is 7.05 Å². The predicted octanol–water partition coefficient (Wildman–Crippen LogP) is 3.44. The van der Waals surface area contributed by atoms with Crippen LogP contribution in [0.2, 0.25) is 0 Å². The molecule has 0 saturated heterocycles. The van der Waals surface area contributed by atoms with E-state index in [1.54, 1.807) is 7.11 Å². The molecule has 1 aliphatic heterocycles. The van der Waals surface area contributed by atoms with Crippen LogP contribution in [0.5, 0.6) is 5.75 Å². The first kappa shape index (κ1) is 15.7. The molecule has 5 nitrogen and oxygen atoms in total. The Kier molecular flexibility index (Phi) is 3.73. The summed E-state index contributed by atoms with van der Waals surface area (Å²) in [7, 11) is 3.66. The van der Waals surface area contributed by atoms with E-state index < -0.39 is 6.23 Å². The molecule has 2 atom stereocenters. The Bertz CT molecular complexity index is 943. The van der Waals surface area contributed by atoms with Crippen LogP contribution >= 0.6 is 0 Å². The van der Waals surface area contributed by atoms with Crippen molar-refractivity contribution in [3.63, 3.8) is 0 Å². The summed E-state index contributed by atoms with van der Waals surface area (Å²) in [6.45, 7) is 1.44. The Morgan fingerprint density at radius 2 is 1.84 bits per heavy atom. The normalized spacial score (nSPS) is 19.0. The van der Waals surface area contributed by atoms with E-state index in [9.17, 15) is 4.79 Å². The van der Waals surface area contributed by atoms with Gasteiger partial charge in [0.25, 0.3) is 0 Å². The van der Waals surface area contributed by atoms with Crippen molar-refractivity contribution in [3.8, 4) is 5.75 Å². The van der Waals surface area contributed by atoms with Crippen molar-refractivity contribution in [3.05, 3.63) is 65.4 Å². The molecule has 2 heterocycles. The number of hydrogen-bond donors (Lipinski definition) is 1. The van der Waals surface area contributed by atoms with Crippen LogP contribution in [0.3, 0.4) is 0 Å². The number of aryl methyl sites for hydroxylation is 1. The molecule has 25 heavy (non-hydrogen) atoms. The molecule has 2 aromatic carbocycles.